The monoisotopic (exact) mass is 527 g/mol. The number of hydrogen-bond acceptors (Lipinski definition) is 7. The second-order valence-corrected chi connectivity index (χ2v) is 8.91. The molecule has 2 aliphatic rings. The summed E-state index contributed by atoms with van der Waals surface area (Å²) in [6.07, 6.45) is 0.182. The molecule has 11 heteroatoms. The molecule has 2 amide bonds. The number of nitrogens with zero attached hydrogens (tertiary/aromatic N) is 2. The number of amides is 2. The van der Waals surface area contributed by atoms with Gasteiger partial charge in [0.15, 0.2) is 17.7 Å². The van der Waals surface area contributed by atoms with Crippen LogP contribution in [-0.2, 0) is 32.2 Å². The molecular formula is C27H27F2N3O6. The molecule has 2 saturated heterocycles. The zero-order chi connectivity index (χ0) is 27.4. The lowest BCUT2D eigenvalue weighted by Crippen LogP contribution is -2.58. The fourth-order valence-electron chi connectivity index (χ4n) is 4.47. The van der Waals surface area contributed by atoms with Crippen LogP contribution in [0.2, 0.25) is 0 Å². The van der Waals surface area contributed by atoms with E-state index in [0.717, 1.165) is 17.7 Å². The quantitative estimate of drug-likeness (QED) is 0.324. The molecular weight excluding hydrogens is 500 g/mol. The second-order valence-electron chi connectivity index (χ2n) is 8.91. The average Bonchev–Trinajstić information content (AvgIpc) is 2.92. The van der Waals surface area contributed by atoms with E-state index in [4.69, 9.17) is 9.47 Å². The van der Waals surface area contributed by atoms with Gasteiger partial charge in [-0.3, -0.25) is 14.4 Å². The first-order valence-corrected chi connectivity index (χ1v) is 11.8. The van der Waals surface area contributed by atoms with Gasteiger partial charge in [0.25, 0.3) is 5.91 Å². The van der Waals surface area contributed by atoms with Crippen molar-refractivity contribution in [3.8, 4) is 5.75 Å². The van der Waals surface area contributed by atoms with E-state index in [-0.39, 0.29) is 56.0 Å². The predicted molar refractivity (Wildman–Crippen MR) is 131 cm³/mol. The number of halogens is 2. The standard InChI is InChI=1S/C27H27F2N3O6/c1-16(26(35)30-10-18-5-6-19(28)9-22(18)29)23-15-38-14-20-12-31(11-17-3-7-21(37-2)8-4-17)27(36)25(32(20)23)24(34)13-33/h3-9,13,20,34H,10-12,14-15H2,1-2H3,(H,30,35)/b23-16+,25-24+. The number of aldehydes is 1. The van der Waals surface area contributed by atoms with E-state index in [0.29, 0.717) is 11.4 Å². The van der Waals surface area contributed by atoms with Crippen LogP contribution in [0.4, 0.5) is 8.78 Å². The summed E-state index contributed by atoms with van der Waals surface area (Å²) in [4.78, 5) is 41.0. The molecule has 0 saturated carbocycles. The van der Waals surface area contributed by atoms with Gasteiger partial charge in [0.1, 0.15) is 17.4 Å². The van der Waals surface area contributed by atoms with Crippen LogP contribution in [0, 0.1) is 11.6 Å². The summed E-state index contributed by atoms with van der Waals surface area (Å²) in [5.41, 5.74) is 1.11. The van der Waals surface area contributed by atoms with E-state index in [2.05, 4.69) is 5.32 Å². The summed E-state index contributed by atoms with van der Waals surface area (Å²) in [6.45, 7) is 1.85. The van der Waals surface area contributed by atoms with Gasteiger partial charge in [0.2, 0.25) is 5.91 Å². The summed E-state index contributed by atoms with van der Waals surface area (Å²) in [7, 11) is 1.55. The number of carbonyl (C=O) groups is 3. The Morgan fingerprint density at radius 3 is 2.63 bits per heavy atom. The molecule has 2 aromatic rings. The summed E-state index contributed by atoms with van der Waals surface area (Å²) in [5, 5.41) is 13.0. The number of aliphatic hydroxyl groups excluding tert-OH is 1. The molecule has 2 N–H and O–H groups in total. The zero-order valence-corrected chi connectivity index (χ0v) is 20.9. The molecule has 2 fully saturated rings. The molecule has 0 aliphatic carbocycles. The van der Waals surface area contributed by atoms with Crippen molar-refractivity contribution in [2.75, 3.05) is 26.9 Å². The molecule has 2 heterocycles. The van der Waals surface area contributed by atoms with Crippen LogP contribution in [-0.4, -0.2) is 65.9 Å². The second kappa shape index (κ2) is 11.4. The molecule has 0 radical (unpaired) electrons. The number of ether oxygens (including phenoxy) is 2. The maximum atomic E-state index is 14.0. The van der Waals surface area contributed by atoms with Crippen molar-refractivity contribution in [2.24, 2.45) is 0 Å². The Morgan fingerprint density at radius 2 is 1.97 bits per heavy atom. The van der Waals surface area contributed by atoms with Gasteiger partial charge >= 0.3 is 0 Å². The van der Waals surface area contributed by atoms with Gasteiger partial charge in [-0.05, 0) is 30.7 Å². The van der Waals surface area contributed by atoms with Gasteiger partial charge in [-0.25, -0.2) is 8.78 Å². The lowest BCUT2D eigenvalue weighted by molar-refractivity contribution is -0.137. The number of methoxy groups -OCH3 is 1. The number of benzene rings is 2. The minimum atomic E-state index is -0.795. The van der Waals surface area contributed by atoms with E-state index in [9.17, 15) is 28.3 Å². The highest BCUT2D eigenvalue weighted by molar-refractivity contribution is 5.99. The van der Waals surface area contributed by atoms with E-state index in [1.165, 1.54) is 22.8 Å². The summed E-state index contributed by atoms with van der Waals surface area (Å²) < 4.78 is 38.0. The van der Waals surface area contributed by atoms with Crippen molar-refractivity contribution < 1.29 is 37.7 Å². The lowest BCUT2D eigenvalue weighted by Gasteiger charge is -2.47. The molecule has 1 unspecified atom stereocenters. The van der Waals surface area contributed by atoms with Crippen LogP contribution in [0.3, 0.4) is 0 Å². The maximum absolute atomic E-state index is 14.0. The van der Waals surface area contributed by atoms with E-state index < -0.39 is 35.2 Å². The van der Waals surface area contributed by atoms with Crippen LogP contribution < -0.4 is 10.1 Å². The molecule has 38 heavy (non-hydrogen) atoms. The Balaban J connectivity index is 1.59. The van der Waals surface area contributed by atoms with Crippen LogP contribution in [0.15, 0.2) is 65.2 Å². The number of fused-ring (bicyclic) bond motifs is 1. The molecule has 1 atom stereocenters. The fourth-order valence-corrected chi connectivity index (χ4v) is 4.47. The molecule has 4 rings (SSSR count). The number of morpholine rings is 1. The van der Waals surface area contributed by atoms with Crippen LogP contribution >= 0.6 is 0 Å². The highest BCUT2D eigenvalue weighted by atomic mass is 19.1. The van der Waals surface area contributed by atoms with E-state index in [1.807, 2.05) is 12.1 Å². The van der Waals surface area contributed by atoms with Gasteiger partial charge in [-0.1, -0.05) is 18.2 Å². The minimum Gasteiger partial charge on any atom is -0.503 e. The third kappa shape index (κ3) is 5.52. The smallest absolute Gasteiger partial charge is 0.274 e. The first-order valence-electron chi connectivity index (χ1n) is 11.8. The third-order valence-electron chi connectivity index (χ3n) is 6.48. The Labute approximate surface area is 217 Å². The highest BCUT2D eigenvalue weighted by Crippen LogP contribution is 2.32. The predicted octanol–water partition coefficient (Wildman–Crippen LogP) is 2.58. The summed E-state index contributed by atoms with van der Waals surface area (Å²) in [6, 6.07) is 9.71. The SMILES string of the molecule is COc1ccc(CN2CC3COC/C(=C(/C)C(=O)NCc4ccc(F)cc4F)N3/C(=C(/O)C=O)C2=O)cc1. The number of allylic oxidation sites excluding steroid dienone is 1. The molecule has 200 valence electrons. The van der Waals surface area contributed by atoms with Crippen LogP contribution in [0.25, 0.3) is 0 Å². The first-order chi connectivity index (χ1) is 18.2. The summed E-state index contributed by atoms with van der Waals surface area (Å²) in [5.74, 6) is -2.78. The van der Waals surface area contributed by atoms with E-state index in [1.54, 1.807) is 19.2 Å². The molecule has 0 bridgehead atoms. The van der Waals surface area contributed by atoms with Gasteiger partial charge in [-0.2, -0.15) is 0 Å². The molecule has 0 aromatic heterocycles. The molecule has 2 aromatic carbocycles. The number of nitrogens with one attached hydrogen (secondary N) is 1. The zero-order valence-electron chi connectivity index (χ0n) is 20.9. The van der Waals surface area contributed by atoms with Crippen molar-refractivity contribution in [3.05, 3.63) is 88.0 Å². The Kier molecular flexibility index (Phi) is 8.06. The Hall–Kier alpha value is -4.25. The number of hydrogen-bond donors (Lipinski definition) is 2. The Bertz CT molecular complexity index is 1310. The maximum Gasteiger partial charge on any atom is 0.274 e. The number of aliphatic hydroxyl groups is 1. The van der Waals surface area contributed by atoms with Crippen molar-refractivity contribution in [2.45, 2.75) is 26.1 Å². The van der Waals surface area contributed by atoms with Gasteiger partial charge in [0.05, 0.1) is 32.1 Å². The largest absolute Gasteiger partial charge is 0.503 e. The van der Waals surface area contributed by atoms with E-state index >= 15 is 0 Å². The van der Waals surface area contributed by atoms with Crippen molar-refractivity contribution >= 4 is 18.1 Å². The van der Waals surface area contributed by atoms with Crippen LogP contribution in [0.1, 0.15) is 18.1 Å². The molecule has 0 spiro atoms. The van der Waals surface area contributed by atoms with Crippen molar-refractivity contribution in [3.63, 3.8) is 0 Å². The van der Waals surface area contributed by atoms with Crippen molar-refractivity contribution in [1.82, 2.24) is 15.1 Å². The van der Waals surface area contributed by atoms with Gasteiger partial charge in [-0.15, -0.1) is 0 Å². The fraction of sp³-hybridized carbons (Fsp3) is 0.296. The van der Waals surface area contributed by atoms with Crippen LogP contribution in [0.5, 0.6) is 5.75 Å². The average molecular weight is 528 g/mol. The topological polar surface area (TPSA) is 108 Å². The molecule has 2 aliphatic heterocycles. The Morgan fingerprint density at radius 1 is 1.24 bits per heavy atom. The third-order valence-corrected chi connectivity index (χ3v) is 6.48. The highest BCUT2D eigenvalue weighted by Gasteiger charge is 2.43. The normalized spacial score (nSPS) is 20.0. The van der Waals surface area contributed by atoms with Crippen molar-refractivity contribution in [1.29, 1.82) is 0 Å². The number of carbonyl (C=O) groups excluding carboxylic acids is 3. The summed E-state index contributed by atoms with van der Waals surface area (Å²) >= 11 is 0. The van der Waals surface area contributed by atoms with Gasteiger partial charge < -0.3 is 29.7 Å². The number of piperazine rings is 1. The van der Waals surface area contributed by atoms with Gasteiger partial charge in [0, 0.05) is 36.8 Å². The first kappa shape index (κ1) is 26.8. The molecule has 9 nitrogen and oxygen atoms in total. The number of rotatable bonds is 7. The minimum absolute atomic E-state index is 0.0535. The lowest BCUT2D eigenvalue weighted by atomic mass is 10.0.